The van der Waals surface area contributed by atoms with Crippen molar-refractivity contribution in [1.29, 1.82) is 0 Å². The number of rotatable bonds is 7. The molecule has 0 radical (unpaired) electrons. The molecule has 0 amide bonds. The van der Waals surface area contributed by atoms with Gasteiger partial charge in [0.05, 0.1) is 39.3 Å². The predicted octanol–water partition coefficient (Wildman–Crippen LogP) is 2.76. The molecule has 0 aliphatic carbocycles. The number of alkyl halides is 6. The topological polar surface area (TPSA) is 37.4 Å². The number of likely N-dealkylation sites (N-methyl/N-ethyl adjacent to an activating group) is 1. The van der Waals surface area contributed by atoms with Gasteiger partial charge in [-0.05, 0) is 13.3 Å². The summed E-state index contributed by atoms with van der Waals surface area (Å²) in [7, 11) is -5.92. The molecule has 0 aromatic carbocycles. The number of hydrogen-bond acceptors (Lipinski definition) is 2. The minimum Gasteiger partial charge on any atom is -0.322 e. The SMILES string of the molecule is CCC[N+]1(CC)CCN(S(=O)(=O)C(F)(F)C(F)(F)C(C)(F)F)CC1. The van der Waals surface area contributed by atoms with Gasteiger partial charge >= 0.3 is 17.1 Å². The van der Waals surface area contributed by atoms with Crippen LogP contribution >= 0.6 is 0 Å². The van der Waals surface area contributed by atoms with E-state index in [2.05, 4.69) is 0 Å². The highest BCUT2D eigenvalue weighted by Gasteiger charge is 2.76. The second-order valence-electron chi connectivity index (χ2n) is 6.21. The zero-order chi connectivity index (χ0) is 19.0. The number of quaternary nitrogens is 1. The second kappa shape index (κ2) is 6.64. The fraction of sp³-hybridized carbons (Fsp3) is 1.00. The molecule has 0 N–H and O–H groups in total. The van der Waals surface area contributed by atoms with Crippen LogP contribution < -0.4 is 0 Å². The molecule has 0 spiro atoms. The van der Waals surface area contributed by atoms with Gasteiger partial charge in [0.2, 0.25) is 0 Å². The number of sulfonamides is 1. The van der Waals surface area contributed by atoms with E-state index >= 15 is 0 Å². The molecule has 0 aromatic heterocycles. The molecule has 24 heavy (non-hydrogen) atoms. The van der Waals surface area contributed by atoms with Gasteiger partial charge in [-0.15, -0.1) is 0 Å². The van der Waals surface area contributed by atoms with Gasteiger partial charge in [-0.3, -0.25) is 0 Å². The summed E-state index contributed by atoms with van der Waals surface area (Å²) >= 11 is 0. The van der Waals surface area contributed by atoms with Crippen molar-refractivity contribution in [3.63, 3.8) is 0 Å². The quantitative estimate of drug-likeness (QED) is 0.499. The fourth-order valence-electron chi connectivity index (χ4n) is 2.86. The minimum absolute atomic E-state index is 0.174. The van der Waals surface area contributed by atoms with Crippen molar-refractivity contribution in [3.05, 3.63) is 0 Å². The van der Waals surface area contributed by atoms with E-state index in [0.717, 1.165) is 6.42 Å². The molecule has 1 aliphatic rings. The number of nitrogens with zero attached hydrogens (tertiary/aromatic N) is 2. The first-order valence-corrected chi connectivity index (χ1v) is 9.11. The van der Waals surface area contributed by atoms with Crippen LogP contribution in [-0.2, 0) is 10.0 Å². The summed E-state index contributed by atoms with van der Waals surface area (Å²) in [5.41, 5.74) is 0. The molecule has 4 nitrogen and oxygen atoms in total. The standard InChI is InChI=1S/C13H23F6N2O2S/c1-4-8-21(5-2)9-6-20(7-10-21)24(22,23)13(18,19)12(16,17)11(3,14)15/h4-10H2,1-3H3/q+1. The van der Waals surface area contributed by atoms with Gasteiger partial charge in [-0.25, -0.2) is 8.42 Å². The van der Waals surface area contributed by atoms with Crippen LogP contribution in [0.2, 0.25) is 0 Å². The summed E-state index contributed by atoms with van der Waals surface area (Å²) in [6.07, 6.45) is 0.789. The Morgan fingerprint density at radius 1 is 1.00 bits per heavy atom. The predicted molar refractivity (Wildman–Crippen MR) is 76.7 cm³/mol. The van der Waals surface area contributed by atoms with E-state index in [9.17, 15) is 34.8 Å². The van der Waals surface area contributed by atoms with Crippen LogP contribution in [0.15, 0.2) is 0 Å². The Kier molecular flexibility index (Phi) is 5.94. The van der Waals surface area contributed by atoms with Crippen molar-refractivity contribution in [2.75, 3.05) is 39.3 Å². The molecular weight excluding hydrogens is 362 g/mol. The first kappa shape index (κ1) is 21.5. The van der Waals surface area contributed by atoms with E-state index in [4.69, 9.17) is 0 Å². The lowest BCUT2D eigenvalue weighted by Gasteiger charge is -2.44. The Hall–Kier alpha value is -0.550. The van der Waals surface area contributed by atoms with Crippen molar-refractivity contribution in [3.8, 4) is 0 Å². The van der Waals surface area contributed by atoms with E-state index in [1.165, 1.54) is 0 Å². The third-order valence-corrected chi connectivity index (χ3v) is 6.55. The molecule has 0 aromatic rings. The van der Waals surface area contributed by atoms with Gasteiger partial charge in [-0.1, -0.05) is 6.92 Å². The van der Waals surface area contributed by atoms with Gasteiger partial charge < -0.3 is 4.48 Å². The second-order valence-corrected chi connectivity index (χ2v) is 8.19. The van der Waals surface area contributed by atoms with Gasteiger partial charge in [-0.2, -0.15) is 30.6 Å². The van der Waals surface area contributed by atoms with Gasteiger partial charge in [0.15, 0.2) is 0 Å². The van der Waals surface area contributed by atoms with Gasteiger partial charge in [0, 0.05) is 6.92 Å². The average Bonchev–Trinajstić information content (AvgIpc) is 2.46. The smallest absolute Gasteiger partial charge is 0.322 e. The molecule has 1 aliphatic heterocycles. The maximum absolute atomic E-state index is 13.8. The summed E-state index contributed by atoms with van der Waals surface area (Å²) < 4.78 is 105. The summed E-state index contributed by atoms with van der Waals surface area (Å²) in [6, 6.07) is 0. The van der Waals surface area contributed by atoms with Crippen molar-refractivity contribution < 1.29 is 39.2 Å². The van der Waals surface area contributed by atoms with Crippen LogP contribution in [-0.4, -0.2) is 73.6 Å². The fourth-order valence-corrected chi connectivity index (χ4v) is 4.33. The van der Waals surface area contributed by atoms with Crippen LogP contribution in [0.1, 0.15) is 27.2 Å². The Morgan fingerprint density at radius 2 is 1.46 bits per heavy atom. The van der Waals surface area contributed by atoms with E-state index in [1.54, 1.807) is 0 Å². The molecule has 1 fully saturated rings. The highest BCUT2D eigenvalue weighted by Crippen LogP contribution is 2.49. The molecule has 0 unspecified atom stereocenters. The lowest BCUT2D eigenvalue weighted by atomic mass is 10.2. The molecule has 0 atom stereocenters. The average molecular weight is 385 g/mol. The molecule has 0 saturated carbocycles. The number of piperazine rings is 1. The van der Waals surface area contributed by atoms with Crippen molar-refractivity contribution in [2.45, 2.75) is 44.3 Å². The lowest BCUT2D eigenvalue weighted by molar-refractivity contribution is -0.929. The molecule has 1 saturated heterocycles. The Labute approximate surface area is 138 Å². The molecular formula is C13H23F6N2O2S+. The van der Waals surface area contributed by atoms with Gasteiger partial charge in [0.1, 0.15) is 0 Å². The summed E-state index contributed by atoms with van der Waals surface area (Å²) in [5.74, 6) is -11.2. The van der Waals surface area contributed by atoms with Crippen LogP contribution in [0.4, 0.5) is 26.3 Å². The normalized spacial score (nSPS) is 21.0. The lowest BCUT2D eigenvalue weighted by Crippen LogP contribution is -2.65. The molecule has 1 rings (SSSR count). The summed E-state index contributed by atoms with van der Waals surface area (Å²) in [5, 5.41) is -5.89. The van der Waals surface area contributed by atoms with E-state index < -0.39 is 47.1 Å². The highest BCUT2D eigenvalue weighted by molar-refractivity contribution is 7.90. The monoisotopic (exact) mass is 385 g/mol. The Bertz CT molecular complexity index is 539. The Morgan fingerprint density at radius 3 is 1.79 bits per heavy atom. The first-order valence-electron chi connectivity index (χ1n) is 7.67. The molecule has 0 bridgehead atoms. The third kappa shape index (κ3) is 3.39. The largest absolute Gasteiger partial charge is 0.427 e. The maximum Gasteiger partial charge on any atom is 0.427 e. The van der Waals surface area contributed by atoms with Crippen LogP contribution in [0.3, 0.4) is 0 Å². The minimum atomic E-state index is -6.00. The van der Waals surface area contributed by atoms with Crippen molar-refractivity contribution in [1.82, 2.24) is 4.31 Å². The first-order chi connectivity index (χ1) is 10.7. The van der Waals surface area contributed by atoms with Crippen LogP contribution in [0, 0.1) is 0 Å². The molecule has 144 valence electrons. The van der Waals surface area contributed by atoms with Crippen LogP contribution in [0.5, 0.6) is 0 Å². The van der Waals surface area contributed by atoms with Crippen molar-refractivity contribution >= 4 is 10.0 Å². The number of hydrogen-bond donors (Lipinski definition) is 0. The maximum atomic E-state index is 13.8. The van der Waals surface area contributed by atoms with Gasteiger partial charge in [0.25, 0.3) is 10.0 Å². The van der Waals surface area contributed by atoms with Crippen molar-refractivity contribution in [2.24, 2.45) is 0 Å². The van der Waals surface area contributed by atoms with E-state index in [1.807, 2.05) is 13.8 Å². The van der Waals surface area contributed by atoms with E-state index in [0.29, 0.717) is 17.6 Å². The summed E-state index contributed by atoms with van der Waals surface area (Å²) in [6.45, 7) is 4.23. The molecule has 11 heteroatoms. The van der Waals surface area contributed by atoms with E-state index in [-0.39, 0.29) is 17.4 Å². The Balaban J connectivity index is 3.06. The highest BCUT2D eigenvalue weighted by atomic mass is 32.2. The zero-order valence-electron chi connectivity index (χ0n) is 13.8. The summed E-state index contributed by atoms with van der Waals surface area (Å²) in [4.78, 5) is 0. The zero-order valence-corrected chi connectivity index (χ0v) is 14.7. The van der Waals surface area contributed by atoms with Crippen LogP contribution in [0.25, 0.3) is 0 Å². The number of halogens is 6. The third-order valence-electron chi connectivity index (χ3n) is 4.60. The molecule has 1 heterocycles.